The Kier molecular flexibility index (Phi) is 7.12. The Labute approximate surface area is 196 Å². The van der Waals surface area contributed by atoms with E-state index in [1.165, 1.54) is 42.5 Å². The van der Waals surface area contributed by atoms with Gasteiger partial charge < -0.3 is 5.32 Å². The molecule has 3 aromatic rings. The van der Waals surface area contributed by atoms with Crippen LogP contribution in [0.3, 0.4) is 0 Å². The predicted molar refractivity (Wildman–Crippen MR) is 119 cm³/mol. The Morgan fingerprint density at radius 3 is 2.32 bits per heavy atom. The molecular formula is C21H15ClF3N3O5S. The summed E-state index contributed by atoms with van der Waals surface area (Å²) >= 11 is 5.65. The van der Waals surface area contributed by atoms with Gasteiger partial charge >= 0.3 is 6.18 Å². The number of nitrogens with zero attached hydrogens (tertiary/aromatic N) is 2. The van der Waals surface area contributed by atoms with Gasteiger partial charge in [0.15, 0.2) is 0 Å². The molecule has 0 bridgehead atoms. The second-order valence-corrected chi connectivity index (χ2v) is 9.11. The van der Waals surface area contributed by atoms with Crippen molar-refractivity contribution in [2.24, 2.45) is 0 Å². The lowest BCUT2D eigenvalue weighted by molar-refractivity contribution is -0.384. The third-order valence-corrected chi connectivity index (χ3v) is 6.62. The van der Waals surface area contributed by atoms with E-state index in [4.69, 9.17) is 11.6 Å². The summed E-state index contributed by atoms with van der Waals surface area (Å²) < 4.78 is 67.1. The number of hydrogen-bond donors (Lipinski definition) is 1. The quantitative estimate of drug-likeness (QED) is 0.349. The lowest BCUT2D eigenvalue weighted by Crippen LogP contribution is -2.38. The van der Waals surface area contributed by atoms with Crippen LogP contribution in [0, 0.1) is 10.1 Å². The zero-order chi connectivity index (χ0) is 25.1. The number of nitro benzene ring substituents is 1. The van der Waals surface area contributed by atoms with Gasteiger partial charge in [-0.15, -0.1) is 0 Å². The fraction of sp³-hybridized carbons (Fsp3) is 0.0952. The van der Waals surface area contributed by atoms with Gasteiger partial charge in [0.05, 0.1) is 26.1 Å². The Hall–Kier alpha value is -3.64. The molecule has 8 nitrogen and oxygen atoms in total. The van der Waals surface area contributed by atoms with Crippen molar-refractivity contribution in [3.05, 3.63) is 93.5 Å². The van der Waals surface area contributed by atoms with Gasteiger partial charge in [-0.05, 0) is 36.4 Å². The molecule has 1 N–H and O–H groups in total. The molecule has 0 heterocycles. The van der Waals surface area contributed by atoms with Crippen molar-refractivity contribution in [1.29, 1.82) is 0 Å². The first kappa shape index (κ1) is 25.0. The Morgan fingerprint density at radius 2 is 1.71 bits per heavy atom. The molecule has 0 unspecified atom stereocenters. The monoisotopic (exact) mass is 513 g/mol. The van der Waals surface area contributed by atoms with Crippen LogP contribution in [-0.2, 0) is 21.0 Å². The summed E-state index contributed by atoms with van der Waals surface area (Å²) in [5.41, 5.74) is -2.05. The van der Waals surface area contributed by atoms with Crippen molar-refractivity contribution in [3.8, 4) is 0 Å². The Morgan fingerprint density at radius 1 is 1.03 bits per heavy atom. The van der Waals surface area contributed by atoms with E-state index >= 15 is 0 Å². The van der Waals surface area contributed by atoms with E-state index in [0.717, 1.165) is 18.2 Å². The molecule has 3 aromatic carbocycles. The zero-order valence-corrected chi connectivity index (χ0v) is 18.6. The van der Waals surface area contributed by atoms with E-state index in [1.54, 1.807) is 6.07 Å². The normalized spacial score (nSPS) is 11.6. The predicted octanol–water partition coefficient (Wildman–Crippen LogP) is 5.10. The molecule has 0 saturated carbocycles. The van der Waals surface area contributed by atoms with Crippen LogP contribution in [0.2, 0.25) is 5.02 Å². The molecule has 0 aliphatic carbocycles. The smallest absolute Gasteiger partial charge is 0.324 e. The highest BCUT2D eigenvalue weighted by Gasteiger charge is 2.35. The number of carbonyl (C=O) groups excluding carboxylic acids is 1. The molecular weight excluding hydrogens is 499 g/mol. The van der Waals surface area contributed by atoms with Crippen molar-refractivity contribution < 1.29 is 31.3 Å². The first-order chi connectivity index (χ1) is 15.9. The fourth-order valence-electron chi connectivity index (χ4n) is 2.95. The Balaban J connectivity index is 2.02. The number of benzene rings is 3. The molecule has 0 aromatic heterocycles. The minimum absolute atomic E-state index is 0.00310. The summed E-state index contributed by atoms with van der Waals surface area (Å²) in [6, 6.07) is 14.2. The number of nitro groups is 1. The first-order valence-electron chi connectivity index (χ1n) is 9.38. The Bertz CT molecular complexity index is 1330. The molecule has 0 spiro atoms. The van der Waals surface area contributed by atoms with Gasteiger partial charge in [0.1, 0.15) is 6.54 Å². The minimum atomic E-state index is -4.87. The molecule has 0 radical (unpaired) electrons. The average molecular weight is 514 g/mol. The summed E-state index contributed by atoms with van der Waals surface area (Å²) in [6.45, 7) is -0.918. The van der Waals surface area contributed by atoms with Gasteiger partial charge in [0.25, 0.3) is 15.7 Å². The van der Waals surface area contributed by atoms with Crippen molar-refractivity contribution in [3.63, 3.8) is 0 Å². The number of carbonyl (C=O) groups is 1. The highest BCUT2D eigenvalue weighted by molar-refractivity contribution is 7.92. The topological polar surface area (TPSA) is 110 Å². The third kappa shape index (κ3) is 5.64. The van der Waals surface area contributed by atoms with E-state index in [1.807, 2.05) is 0 Å². The van der Waals surface area contributed by atoms with E-state index in [9.17, 15) is 36.5 Å². The highest BCUT2D eigenvalue weighted by Crippen LogP contribution is 2.38. The fourth-order valence-corrected chi connectivity index (χ4v) is 4.61. The van der Waals surface area contributed by atoms with E-state index in [2.05, 4.69) is 5.32 Å². The maximum atomic E-state index is 13.4. The van der Waals surface area contributed by atoms with Crippen LogP contribution in [0.4, 0.5) is 30.2 Å². The summed E-state index contributed by atoms with van der Waals surface area (Å²) in [6.07, 6.45) is -4.87. The van der Waals surface area contributed by atoms with Crippen molar-refractivity contribution in [2.45, 2.75) is 11.1 Å². The molecule has 13 heteroatoms. The van der Waals surface area contributed by atoms with E-state index in [-0.39, 0.29) is 16.3 Å². The van der Waals surface area contributed by atoms with Crippen LogP contribution in [0.1, 0.15) is 5.56 Å². The molecule has 0 atom stereocenters. The van der Waals surface area contributed by atoms with Gasteiger partial charge in [-0.1, -0.05) is 35.9 Å². The number of halogens is 4. The average Bonchev–Trinajstić information content (AvgIpc) is 2.78. The first-order valence-corrected chi connectivity index (χ1v) is 11.2. The molecule has 0 fully saturated rings. The second-order valence-electron chi connectivity index (χ2n) is 6.84. The third-order valence-electron chi connectivity index (χ3n) is 4.50. The lowest BCUT2D eigenvalue weighted by Gasteiger charge is -2.25. The summed E-state index contributed by atoms with van der Waals surface area (Å²) in [5, 5.41) is 12.6. The number of amides is 1. The summed E-state index contributed by atoms with van der Waals surface area (Å²) in [7, 11) is -4.48. The SMILES string of the molecule is O=C(CN(c1ccc(Cl)c(C(F)(F)F)c1)S(=O)(=O)c1ccccc1)Nc1cccc([N+](=O)[O-])c1. The molecule has 0 aliphatic heterocycles. The molecule has 34 heavy (non-hydrogen) atoms. The number of rotatable bonds is 7. The molecule has 3 rings (SSSR count). The van der Waals surface area contributed by atoms with E-state index < -0.39 is 49.8 Å². The van der Waals surface area contributed by atoms with Crippen LogP contribution in [0.25, 0.3) is 0 Å². The van der Waals surface area contributed by atoms with Gasteiger partial charge in [-0.25, -0.2) is 8.42 Å². The second kappa shape index (κ2) is 9.69. The number of hydrogen-bond acceptors (Lipinski definition) is 5. The summed E-state index contributed by atoms with van der Waals surface area (Å²) in [5.74, 6) is -0.941. The van der Waals surface area contributed by atoms with Gasteiger partial charge in [-0.3, -0.25) is 19.2 Å². The number of alkyl halides is 3. The van der Waals surface area contributed by atoms with E-state index in [0.29, 0.717) is 10.4 Å². The maximum absolute atomic E-state index is 13.4. The van der Waals surface area contributed by atoms with Crippen molar-refractivity contribution in [1.82, 2.24) is 0 Å². The van der Waals surface area contributed by atoms with Gasteiger partial charge in [0, 0.05) is 17.8 Å². The number of anilines is 2. The lowest BCUT2D eigenvalue weighted by atomic mass is 10.2. The van der Waals surface area contributed by atoms with Crippen LogP contribution >= 0.6 is 11.6 Å². The highest BCUT2D eigenvalue weighted by atomic mass is 35.5. The summed E-state index contributed by atoms with van der Waals surface area (Å²) in [4.78, 5) is 22.7. The van der Waals surface area contributed by atoms with Crippen LogP contribution in [0.15, 0.2) is 77.7 Å². The molecule has 1 amide bonds. The molecule has 0 saturated heterocycles. The standard InChI is InChI=1S/C21H15ClF3N3O5S/c22-19-10-9-15(12-18(19)21(23,24)25)27(34(32,33)17-7-2-1-3-8-17)13-20(29)26-14-5-4-6-16(11-14)28(30)31/h1-12H,13H2,(H,26,29). The molecule has 178 valence electrons. The van der Waals surface area contributed by atoms with Gasteiger partial charge in [-0.2, -0.15) is 13.2 Å². The minimum Gasteiger partial charge on any atom is -0.324 e. The van der Waals surface area contributed by atoms with Crippen LogP contribution in [-0.4, -0.2) is 25.8 Å². The number of sulfonamides is 1. The van der Waals surface area contributed by atoms with Crippen molar-refractivity contribution >= 4 is 44.6 Å². The van der Waals surface area contributed by atoms with Crippen molar-refractivity contribution in [2.75, 3.05) is 16.2 Å². The number of nitrogens with one attached hydrogen (secondary N) is 1. The molecule has 0 aliphatic rings. The van der Waals surface area contributed by atoms with Gasteiger partial charge in [0.2, 0.25) is 5.91 Å². The maximum Gasteiger partial charge on any atom is 0.417 e. The zero-order valence-electron chi connectivity index (χ0n) is 17.0. The number of non-ortho nitro benzene ring substituents is 1. The largest absolute Gasteiger partial charge is 0.417 e. The van der Waals surface area contributed by atoms with Crippen LogP contribution < -0.4 is 9.62 Å². The van der Waals surface area contributed by atoms with Crippen LogP contribution in [0.5, 0.6) is 0 Å².